The Morgan fingerprint density at radius 1 is 1.08 bits per heavy atom. The van der Waals surface area contributed by atoms with Crippen LogP contribution in [0.2, 0.25) is 0 Å². The molecule has 2 aromatic rings. The second-order valence-electron chi connectivity index (χ2n) is 12.9. The average Bonchev–Trinajstić information content (AvgIpc) is 2.80. The van der Waals surface area contributed by atoms with E-state index in [9.17, 15) is 4.79 Å². The van der Waals surface area contributed by atoms with Gasteiger partial charge in [0, 0.05) is 54.1 Å². The monoisotopic (exact) mass is 521 g/mol. The molecule has 3 heterocycles. The molecule has 1 fully saturated rings. The van der Waals surface area contributed by atoms with Gasteiger partial charge in [0.2, 0.25) is 0 Å². The van der Waals surface area contributed by atoms with Gasteiger partial charge < -0.3 is 14.4 Å². The van der Waals surface area contributed by atoms with Crippen LogP contribution in [0, 0.1) is 18.3 Å². The van der Waals surface area contributed by atoms with Crippen molar-refractivity contribution in [2.75, 3.05) is 18.0 Å². The van der Waals surface area contributed by atoms with E-state index in [0.717, 1.165) is 59.6 Å². The highest BCUT2D eigenvalue weighted by molar-refractivity contribution is 5.87. The largest absolute Gasteiger partial charge is 0.461 e. The fourth-order valence-corrected chi connectivity index (χ4v) is 4.68. The first-order chi connectivity index (χ1) is 17.7. The van der Waals surface area contributed by atoms with Gasteiger partial charge in [-0.2, -0.15) is 0 Å². The van der Waals surface area contributed by atoms with Crippen molar-refractivity contribution >= 4 is 17.7 Å². The molecule has 0 N–H and O–H groups in total. The zero-order valence-electron chi connectivity index (χ0n) is 25.1. The third-order valence-corrected chi connectivity index (χ3v) is 6.76. The molecule has 1 aliphatic heterocycles. The number of aryl methyl sites for hydroxylation is 1. The summed E-state index contributed by atoms with van der Waals surface area (Å²) >= 11 is 0. The molecule has 0 aliphatic carbocycles. The van der Waals surface area contributed by atoms with Crippen molar-refractivity contribution in [1.29, 1.82) is 0 Å². The minimum Gasteiger partial charge on any atom is -0.461 e. The number of esters is 1. The van der Waals surface area contributed by atoms with Crippen LogP contribution < -0.4 is 4.90 Å². The van der Waals surface area contributed by atoms with Crippen molar-refractivity contribution in [3.63, 3.8) is 0 Å². The van der Waals surface area contributed by atoms with E-state index >= 15 is 0 Å². The number of rotatable bonds is 8. The van der Waals surface area contributed by atoms with Gasteiger partial charge in [0.05, 0.1) is 17.4 Å². The number of pyridine rings is 2. The Hall–Kier alpha value is -2.73. The molecular weight excluding hydrogens is 474 g/mol. The Kier molecular flexibility index (Phi) is 9.40. The number of anilines is 1. The average molecular weight is 522 g/mol. The number of piperidine rings is 1. The number of aromatic nitrogens is 2. The zero-order chi connectivity index (χ0) is 28.3. The van der Waals surface area contributed by atoms with Gasteiger partial charge in [-0.15, -0.1) is 0 Å². The lowest BCUT2D eigenvalue weighted by atomic mass is 9.82. The third kappa shape index (κ3) is 7.89. The Labute approximate surface area is 229 Å². The predicted octanol–water partition coefficient (Wildman–Crippen LogP) is 7.56. The molecule has 0 unspecified atom stereocenters. The maximum absolute atomic E-state index is 13.6. The molecule has 0 saturated carbocycles. The van der Waals surface area contributed by atoms with E-state index in [1.54, 1.807) is 0 Å². The first kappa shape index (κ1) is 29.8. The molecule has 6 nitrogen and oxygen atoms in total. The minimum absolute atomic E-state index is 0.252. The van der Waals surface area contributed by atoms with Crippen LogP contribution in [0.1, 0.15) is 98.1 Å². The quantitative estimate of drug-likeness (QED) is 0.334. The van der Waals surface area contributed by atoms with E-state index in [4.69, 9.17) is 14.5 Å². The van der Waals surface area contributed by atoms with Crippen LogP contribution in [0.5, 0.6) is 0 Å². The van der Waals surface area contributed by atoms with E-state index in [-0.39, 0.29) is 17.5 Å². The van der Waals surface area contributed by atoms with E-state index in [1.165, 1.54) is 0 Å². The lowest BCUT2D eigenvalue weighted by Gasteiger charge is -2.41. The fourth-order valence-electron chi connectivity index (χ4n) is 4.68. The van der Waals surface area contributed by atoms with E-state index in [2.05, 4.69) is 55.8 Å². The maximum atomic E-state index is 13.6. The highest BCUT2D eigenvalue weighted by Gasteiger charge is 2.37. The smallest absolute Gasteiger partial charge is 0.340 e. The first-order valence-electron chi connectivity index (χ1n) is 13.9. The Bertz CT molecular complexity index is 1140. The summed E-state index contributed by atoms with van der Waals surface area (Å²) in [5.74, 6) is 0.0585. The van der Waals surface area contributed by atoms with Gasteiger partial charge in [0.15, 0.2) is 6.10 Å². The van der Waals surface area contributed by atoms with E-state index in [0.29, 0.717) is 5.92 Å². The van der Waals surface area contributed by atoms with Crippen LogP contribution in [-0.2, 0) is 14.3 Å². The number of carbonyl (C=O) groups excluding carboxylic acids is 1. The molecule has 208 valence electrons. The van der Waals surface area contributed by atoms with Gasteiger partial charge in [0.25, 0.3) is 0 Å². The lowest BCUT2D eigenvalue weighted by Crippen LogP contribution is -2.39. The molecule has 0 spiro atoms. The molecule has 0 aromatic carbocycles. The van der Waals surface area contributed by atoms with Gasteiger partial charge in [-0.3, -0.25) is 9.97 Å². The Morgan fingerprint density at radius 3 is 2.32 bits per heavy atom. The summed E-state index contributed by atoms with van der Waals surface area (Å²) in [5.41, 5.74) is 5.22. The summed E-state index contributed by atoms with van der Waals surface area (Å²) in [6, 6.07) is 2.14. The van der Waals surface area contributed by atoms with Gasteiger partial charge in [-0.1, -0.05) is 39.8 Å². The SMILES string of the molecule is Cc1ncc(-c2cncc(C=CC(C)C)c2)c(N2CCC(C)(C)CC2)c1[C@H](OC(C)(C)C)C(=O)OC(C)C. The summed E-state index contributed by atoms with van der Waals surface area (Å²) in [4.78, 5) is 25.3. The number of carbonyl (C=O) groups is 1. The molecule has 1 atom stereocenters. The van der Waals surface area contributed by atoms with Crippen molar-refractivity contribution in [3.05, 3.63) is 47.6 Å². The molecule has 0 amide bonds. The predicted molar refractivity (Wildman–Crippen MR) is 156 cm³/mol. The van der Waals surface area contributed by atoms with Gasteiger partial charge >= 0.3 is 5.97 Å². The Balaban J connectivity index is 2.25. The summed E-state index contributed by atoms with van der Waals surface area (Å²) in [5, 5.41) is 0. The van der Waals surface area contributed by atoms with Crippen molar-refractivity contribution in [2.45, 2.75) is 99.9 Å². The van der Waals surface area contributed by atoms with E-state index in [1.807, 2.05) is 60.1 Å². The summed E-state index contributed by atoms with van der Waals surface area (Å²) in [6.07, 6.45) is 10.9. The van der Waals surface area contributed by atoms with Crippen molar-refractivity contribution in [3.8, 4) is 11.1 Å². The lowest BCUT2D eigenvalue weighted by molar-refractivity contribution is -0.171. The number of allylic oxidation sites excluding steroid dienone is 1. The second-order valence-corrected chi connectivity index (χ2v) is 12.9. The van der Waals surface area contributed by atoms with Crippen LogP contribution >= 0.6 is 0 Å². The second kappa shape index (κ2) is 12.0. The van der Waals surface area contributed by atoms with Gasteiger partial charge in [-0.05, 0) is 77.3 Å². The Morgan fingerprint density at radius 2 is 1.74 bits per heavy atom. The molecule has 2 aromatic heterocycles. The maximum Gasteiger partial charge on any atom is 0.340 e. The number of hydrogen-bond donors (Lipinski definition) is 0. The zero-order valence-corrected chi connectivity index (χ0v) is 25.1. The van der Waals surface area contributed by atoms with Gasteiger partial charge in [0.1, 0.15) is 0 Å². The topological polar surface area (TPSA) is 64.5 Å². The third-order valence-electron chi connectivity index (χ3n) is 6.76. The first-order valence-corrected chi connectivity index (χ1v) is 13.9. The molecule has 0 radical (unpaired) electrons. The van der Waals surface area contributed by atoms with Crippen LogP contribution in [-0.4, -0.2) is 40.7 Å². The standard InChI is InChI=1S/C32H47N3O3/c1-21(2)11-12-24-17-25(19-33-18-24)26-20-34-23(5)27(28(26)35-15-13-32(9,10)14-16-35)29(38-31(6,7)8)30(36)37-22(3)4/h11-12,17-22,29H,13-16H2,1-10H3/t29-/m0/s1. The molecule has 6 heteroatoms. The van der Waals surface area contributed by atoms with Gasteiger partial charge in [-0.25, -0.2) is 4.79 Å². The van der Waals surface area contributed by atoms with E-state index < -0.39 is 11.7 Å². The fraction of sp³-hybridized carbons (Fsp3) is 0.594. The molecule has 1 saturated heterocycles. The summed E-state index contributed by atoms with van der Waals surface area (Å²) in [7, 11) is 0. The highest BCUT2D eigenvalue weighted by Crippen LogP contribution is 2.43. The number of hydrogen-bond acceptors (Lipinski definition) is 6. The highest BCUT2D eigenvalue weighted by atomic mass is 16.6. The summed E-state index contributed by atoms with van der Waals surface area (Å²) < 4.78 is 12.2. The molecule has 38 heavy (non-hydrogen) atoms. The normalized spacial score (nSPS) is 16.9. The van der Waals surface area contributed by atoms with Crippen LogP contribution in [0.15, 0.2) is 30.7 Å². The van der Waals surface area contributed by atoms with Crippen molar-refractivity contribution in [1.82, 2.24) is 9.97 Å². The van der Waals surface area contributed by atoms with Crippen LogP contribution in [0.4, 0.5) is 5.69 Å². The molecular formula is C32H47N3O3. The van der Waals surface area contributed by atoms with Crippen LogP contribution in [0.3, 0.4) is 0 Å². The molecule has 1 aliphatic rings. The summed E-state index contributed by atoms with van der Waals surface area (Å²) in [6.45, 7) is 22.3. The minimum atomic E-state index is -0.897. The van der Waals surface area contributed by atoms with Crippen LogP contribution in [0.25, 0.3) is 17.2 Å². The molecule has 3 rings (SSSR count). The van der Waals surface area contributed by atoms with Crippen molar-refractivity contribution < 1.29 is 14.3 Å². The number of nitrogens with zero attached hydrogens (tertiary/aromatic N) is 3. The number of ether oxygens (including phenoxy) is 2. The van der Waals surface area contributed by atoms with Crippen molar-refractivity contribution in [2.24, 2.45) is 11.3 Å². The molecule has 0 bridgehead atoms.